The molecule has 0 spiro atoms. The van der Waals surface area contributed by atoms with Crippen LogP contribution in [0, 0.1) is 26.6 Å². The van der Waals surface area contributed by atoms with E-state index in [0.29, 0.717) is 5.76 Å². The van der Waals surface area contributed by atoms with E-state index in [1.807, 2.05) is 39.0 Å². The topological polar surface area (TPSA) is 51.5 Å². The number of hydrogen-bond donors (Lipinski definition) is 1. The minimum atomic E-state index is -0.507. The molecule has 4 nitrogen and oxygen atoms in total. The number of nitrogens with one attached hydrogen (secondary N) is 1. The average Bonchev–Trinajstić information content (AvgIpc) is 3.07. The van der Waals surface area contributed by atoms with Crippen molar-refractivity contribution in [1.82, 2.24) is 0 Å². The van der Waals surface area contributed by atoms with Crippen molar-refractivity contribution >= 4 is 11.6 Å². The van der Waals surface area contributed by atoms with Gasteiger partial charge >= 0.3 is 0 Å². The molecule has 0 aliphatic rings. The summed E-state index contributed by atoms with van der Waals surface area (Å²) < 4.78 is 25.1. The Bertz CT molecular complexity index is 926. The largest absolute Gasteiger partial charge is 0.485 e. The molecule has 0 fully saturated rings. The molecule has 0 radical (unpaired) electrons. The molecular formula is C21H20FNO3. The summed E-state index contributed by atoms with van der Waals surface area (Å²) in [5.41, 5.74) is 3.04. The zero-order chi connectivity index (χ0) is 18.7. The molecule has 1 heterocycles. The third-order valence-corrected chi connectivity index (χ3v) is 4.02. The Hall–Kier alpha value is -3.08. The Labute approximate surface area is 151 Å². The number of furan rings is 1. The number of benzene rings is 2. The molecule has 2 aromatic carbocycles. The molecule has 0 atom stereocenters. The van der Waals surface area contributed by atoms with E-state index in [2.05, 4.69) is 5.32 Å². The first-order valence-corrected chi connectivity index (χ1v) is 8.29. The first kappa shape index (κ1) is 17.7. The van der Waals surface area contributed by atoms with Crippen molar-refractivity contribution in [3.63, 3.8) is 0 Å². The van der Waals surface area contributed by atoms with Crippen molar-refractivity contribution in [2.45, 2.75) is 27.4 Å². The van der Waals surface area contributed by atoms with E-state index in [0.717, 1.165) is 22.4 Å². The summed E-state index contributed by atoms with van der Waals surface area (Å²) >= 11 is 0. The van der Waals surface area contributed by atoms with Crippen LogP contribution < -0.4 is 10.1 Å². The van der Waals surface area contributed by atoms with Gasteiger partial charge in [0, 0.05) is 0 Å². The maximum Gasteiger partial charge on any atom is 0.291 e. The summed E-state index contributed by atoms with van der Waals surface area (Å²) in [6, 6.07) is 13.7. The van der Waals surface area contributed by atoms with Gasteiger partial charge in [0.1, 0.15) is 23.9 Å². The first-order valence-electron chi connectivity index (χ1n) is 8.29. The number of carbonyl (C=O) groups excluding carboxylic acids is 1. The van der Waals surface area contributed by atoms with Gasteiger partial charge in [-0.05, 0) is 61.7 Å². The number of halogens is 1. The number of ether oxygens (including phenoxy) is 1. The minimum absolute atomic E-state index is 0.103. The van der Waals surface area contributed by atoms with E-state index in [1.54, 1.807) is 24.3 Å². The predicted molar refractivity (Wildman–Crippen MR) is 98.0 cm³/mol. The normalized spacial score (nSPS) is 10.6. The molecule has 5 heteroatoms. The number of carbonyl (C=O) groups is 1. The lowest BCUT2D eigenvalue weighted by Crippen LogP contribution is -2.12. The van der Waals surface area contributed by atoms with Gasteiger partial charge in [-0.1, -0.05) is 24.3 Å². The van der Waals surface area contributed by atoms with E-state index < -0.39 is 11.7 Å². The lowest BCUT2D eigenvalue weighted by atomic mass is 10.1. The first-order chi connectivity index (χ1) is 12.4. The van der Waals surface area contributed by atoms with Crippen LogP contribution in [0.5, 0.6) is 5.75 Å². The Balaban J connectivity index is 1.67. The van der Waals surface area contributed by atoms with Gasteiger partial charge in [-0.25, -0.2) is 4.39 Å². The molecule has 0 bridgehead atoms. The van der Waals surface area contributed by atoms with Crippen LogP contribution in [0.3, 0.4) is 0 Å². The Morgan fingerprint density at radius 2 is 1.81 bits per heavy atom. The summed E-state index contributed by atoms with van der Waals surface area (Å²) in [5, 5.41) is 2.52. The quantitative estimate of drug-likeness (QED) is 0.688. The second-order valence-corrected chi connectivity index (χ2v) is 6.21. The molecule has 0 unspecified atom stereocenters. The van der Waals surface area contributed by atoms with Crippen LogP contribution in [0.15, 0.2) is 52.9 Å². The van der Waals surface area contributed by atoms with Gasteiger partial charge in [-0.2, -0.15) is 0 Å². The second kappa shape index (κ2) is 7.44. The molecule has 3 rings (SSSR count). The summed E-state index contributed by atoms with van der Waals surface area (Å²) in [6.45, 7) is 5.97. The molecule has 0 saturated carbocycles. The molecule has 1 amide bonds. The zero-order valence-electron chi connectivity index (χ0n) is 14.9. The number of anilines is 1. The van der Waals surface area contributed by atoms with Gasteiger partial charge < -0.3 is 14.5 Å². The van der Waals surface area contributed by atoms with Gasteiger partial charge in [0.25, 0.3) is 5.91 Å². The number of amides is 1. The van der Waals surface area contributed by atoms with Crippen molar-refractivity contribution in [1.29, 1.82) is 0 Å². The molecule has 0 aliphatic heterocycles. The van der Waals surface area contributed by atoms with Crippen LogP contribution in [0.4, 0.5) is 10.1 Å². The molecular weight excluding hydrogens is 333 g/mol. The average molecular weight is 353 g/mol. The third-order valence-electron chi connectivity index (χ3n) is 4.02. The van der Waals surface area contributed by atoms with Crippen molar-refractivity contribution in [2.24, 2.45) is 0 Å². The van der Waals surface area contributed by atoms with Crippen molar-refractivity contribution in [3.05, 3.63) is 82.6 Å². The second-order valence-electron chi connectivity index (χ2n) is 6.21. The summed E-state index contributed by atoms with van der Waals surface area (Å²) in [7, 11) is 0. The van der Waals surface area contributed by atoms with Crippen LogP contribution in [0.25, 0.3) is 0 Å². The highest BCUT2D eigenvalue weighted by molar-refractivity contribution is 6.02. The monoisotopic (exact) mass is 353 g/mol. The molecule has 0 aliphatic carbocycles. The van der Waals surface area contributed by atoms with Crippen LogP contribution in [-0.4, -0.2) is 5.91 Å². The number of aryl methyl sites for hydroxylation is 3. The molecule has 0 saturated heterocycles. The van der Waals surface area contributed by atoms with E-state index in [1.165, 1.54) is 6.07 Å². The highest BCUT2D eigenvalue weighted by atomic mass is 19.1. The lowest BCUT2D eigenvalue weighted by molar-refractivity contribution is 0.0992. The van der Waals surface area contributed by atoms with Gasteiger partial charge in [0.15, 0.2) is 5.76 Å². The fourth-order valence-corrected chi connectivity index (χ4v) is 2.67. The smallest absolute Gasteiger partial charge is 0.291 e. The Morgan fingerprint density at radius 3 is 2.54 bits per heavy atom. The zero-order valence-corrected chi connectivity index (χ0v) is 14.9. The van der Waals surface area contributed by atoms with Crippen LogP contribution >= 0.6 is 0 Å². The highest BCUT2D eigenvalue weighted by Gasteiger charge is 2.14. The highest BCUT2D eigenvalue weighted by Crippen LogP contribution is 2.24. The minimum Gasteiger partial charge on any atom is -0.485 e. The van der Waals surface area contributed by atoms with Crippen molar-refractivity contribution in [3.8, 4) is 5.75 Å². The Kier molecular flexibility index (Phi) is 5.07. The van der Waals surface area contributed by atoms with Gasteiger partial charge in [-0.3, -0.25) is 4.79 Å². The number of hydrogen-bond acceptors (Lipinski definition) is 3. The standard InChI is InChI=1S/C21H20FNO3/c1-13-7-9-17(22)18(11-13)23-21(24)19-10-8-16(26-19)12-25-20-14(2)5-4-6-15(20)3/h4-11H,12H2,1-3H3,(H,23,24). The number of para-hydroxylation sites is 1. The van der Waals surface area contributed by atoms with E-state index in [9.17, 15) is 9.18 Å². The van der Waals surface area contributed by atoms with Crippen molar-refractivity contribution in [2.75, 3.05) is 5.32 Å². The Morgan fingerprint density at radius 1 is 1.08 bits per heavy atom. The number of rotatable bonds is 5. The molecule has 1 N–H and O–H groups in total. The van der Waals surface area contributed by atoms with Crippen LogP contribution in [0.2, 0.25) is 0 Å². The SMILES string of the molecule is Cc1ccc(F)c(NC(=O)c2ccc(COc3c(C)cccc3C)o2)c1. The fraction of sp³-hybridized carbons (Fsp3) is 0.190. The summed E-state index contributed by atoms with van der Waals surface area (Å²) in [4.78, 5) is 12.3. The van der Waals surface area contributed by atoms with Gasteiger partial charge in [0.2, 0.25) is 0 Å². The van der Waals surface area contributed by atoms with Crippen LogP contribution in [0.1, 0.15) is 33.0 Å². The van der Waals surface area contributed by atoms with E-state index >= 15 is 0 Å². The molecule has 134 valence electrons. The van der Waals surface area contributed by atoms with Crippen LogP contribution in [-0.2, 0) is 6.61 Å². The molecule has 26 heavy (non-hydrogen) atoms. The summed E-state index contributed by atoms with van der Waals surface area (Å²) in [5.74, 6) is 0.423. The third kappa shape index (κ3) is 3.94. The predicted octanol–water partition coefficient (Wildman–Crippen LogP) is 5.18. The summed E-state index contributed by atoms with van der Waals surface area (Å²) in [6.07, 6.45) is 0. The van der Waals surface area contributed by atoms with Gasteiger partial charge in [0.05, 0.1) is 5.69 Å². The maximum absolute atomic E-state index is 13.8. The fourth-order valence-electron chi connectivity index (χ4n) is 2.67. The van der Waals surface area contributed by atoms with Crippen molar-refractivity contribution < 1.29 is 18.3 Å². The van der Waals surface area contributed by atoms with Gasteiger partial charge in [-0.15, -0.1) is 0 Å². The van der Waals surface area contributed by atoms with E-state index in [-0.39, 0.29) is 18.1 Å². The van der Waals surface area contributed by atoms with E-state index in [4.69, 9.17) is 9.15 Å². The lowest BCUT2D eigenvalue weighted by Gasteiger charge is -2.10. The molecule has 3 aromatic rings. The maximum atomic E-state index is 13.8. The molecule has 1 aromatic heterocycles.